The van der Waals surface area contributed by atoms with Crippen LogP contribution in [0, 0.1) is 5.41 Å². The van der Waals surface area contributed by atoms with Gasteiger partial charge < -0.3 is 10.6 Å². The molecule has 1 aliphatic heterocycles. The molecule has 0 radical (unpaired) electrons. The van der Waals surface area contributed by atoms with Crippen LogP contribution in [-0.2, 0) is 6.18 Å². The van der Waals surface area contributed by atoms with E-state index in [1.54, 1.807) is 12.1 Å². The molecule has 132 valence electrons. The van der Waals surface area contributed by atoms with E-state index in [4.69, 9.17) is 5.41 Å². The maximum atomic E-state index is 12.7. The fourth-order valence-corrected chi connectivity index (χ4v) is 3.14. The molecule has 0 saturated carbocycles. The summed E-state index contributed by atoms with van der Waals surface area (Å²) in [5.74, 6) is 0.484. The number of hydrogen-bond acceptors (Lipinski definition) is 2. The van der Waals surface area contributed by atoms with Gasteiger partial charge in [0.25, 0.3) is 0 Å². The number of nitrogens with one attached hydrogen (secondary N) is 3. The molecular formula is C19H20F3N3. The summed E-state index contributed by atoms with van der Waals surface area (Å²) in [5, 5.41) is 14.7. The summed E-state index contributed by atoms with van der Waals surface area (Å²) in [4.78, 5) is 0. The van der Waals surface area contributed by atoms with Gasteiger partial charge in [-0.3, -0.25) is 5.41 Å². The third kappa shape index (κ3) is 4.39. The summed E-state index contributed by atoms with van der Waals surface area (Å²) < 4.78 is 38.0. The van der Waals surface area contributed by atoms with Crippen LogP contribution in [0.1, 0.15) is 29.0 Å². The second-order valence-electron chi connectivity index (χ2n) is 6.29. The van der Waals surface area contributed by atoms with Crippen LogP contribution < -0.4 is 10.6 Å². The van der Waals surface area contributed by atoms with Gasteiger partial charge in [-0.05, 0) is 30.0 Å². The lowest BCUT2D eigenvalue weighted by Gasteiger charge is -2.31. The molecule has 2 unspecified atom stereocenters. The predicted molar refractivity (Wildman–Crippen MR) is 91.9 cm³/mol. The number of halogens is 3. The molecule has 3 N–H and O–H groups in total. The minimum atomic E-state index is -4.31. The average molecular weight is 347 g/mol. The minimum absolute atomic E-state index is 0.0637. The molecule has 0 amide bonds. The van der Waals surface area contributed by atoms with Crippen molar-refractivity contribution >= 4 is 5.84 Å². The summed E-state index contributed by atoms with van der Waals surface area (Å²) in [7, 11) is 0. The van der Waals surface area contributed by atoms with Crippen molar-refractivity contribution in [3.8, 4) is 0 Å². The molecule has 25 heavy (non-hydrogen) atoms. The maximum absolute atomic E-state index is 12.7. The van der Waals surface area contributed by atoms with Gasteiger partial charge in [-0.15, -0.1) is 0 Å². The summed E-state index contributed by atoms with van der Waals surface area (Å²) in [6.07, 6.45) is -3.54. The highest BCUT2D eigenvalue weighted by Crippen LogP contribution is 2.31. The Morgan fingerprint density at radius 1 is 1.00 bits per heavy atom. The van der Waals surface area contributed by atoms with Crippen molar-refractivity contribution < 1.29 is 13.2 Å². The van der Waals surface area contributed by atoms with Crippen LogP contribution in [-0.4, -0.2) is 25.0 Å². The van der Waals surface area contributed by atoms with Gasteiger partial charge in [-0.25, -0.2) is 0 Å². The minimum Gasteiger partial charge on any atom is -0.366 e. The molecule has 0 spiro atoms. The van der Waals surface area contributed by atoms with Crippen molar-refractivity contribution in [3.05, 3.63) is 71.3 Å². The lowest BCUT2D eigenvalue weighted by atomic mass is 9.88. The van der Waals surface area contributed by atoms with Crippen molar-refractivity contribution in [2.45, 2.75) is 24.6 Å². The smallest absolute Gasteiger partial charge is 0.366 e. The van der Waals surface area contributed by atoms with Crippen LogP contribution in [0.5, 0.6) is 0 Å². The average Bonchev–Trinajstić information content (AvgIpc) is 2.62. The Labute approximate surface area is 144 Å². The third-order valence-electron chi connectivity index (χ3n) is 4.47. The molecule has 1 fully saturated rings. The lowest BCUT2D eigenvalue weighted by Crippen LogP contribution is -2.48. The highest BCUT2D eigenvalue weighted by atomic mass is 19.4. The molecule has 0 aromatic heterocycles. The van der Waals surface area contributed by atoms with Gasteiger partial charge in [-0.2, -0.15) is 13.2 Å². The van der Waals surface area contributed by atoms with Crippen molar-refractivity contribution in [2.75, 3.05) is 13.1 Å². The lowest BCUT2D eigenvalue weighted by molar-refractivity contribution is -0.137. The van der Waals surface area contributed by atoms with Crippen LogP contribution in [0.4, 0.5) is 13.2 Å². The Morgan fingerprint density at radius 3 is 2.32 bits per heavy atom. The van der Waals surface area contributed by atoms with E-state index < -0.39 is 11.7 Å². The number of benzene rings is 2. The highest BCUT2D eigenvalue weighted by Gasteiger charge is 2.31. The van der Waals surface area contributed by atoms with Crippen LogP contribution in [0.3, 0.4) is 0 Å². The van der Waals surface area contributed by atoms with E-state index in [-0.39, 0.29) is 12.0 Å². The number of rotatable bonds is 3. The van der Waals surface area contributed by atoms with Crippen LogP contribution in [0.2, 0.25) is 0 Å². The Kier molecular flexibility index (Phi) is 5.08. The standard InChI is InChI=1S/C19H20F3N3/c20-19(21,22)16-8-6-13(7-9-16)15-10-17(12-24-11-15)25-18(23)14-4-2-1-3-5-14/h1-9,15,17,24H,10-12H2,(H2,23,25). The molecule has 1 heterocycles. The van der Waals surface area contributed by atoms with Crippen LogP contribution in [0.25, 0.3) is 0 Å². The van der Waals surface area contributed by atoms with Gasteiger partial charge in [0, 0.05) is 24.7 Å². The van der Waals surface area contributed by atoms with E-state index in [1.807, 2.05) is 30.3 Å². The highest BCUT2D eigenvalue weighted by molar-refractivity contribution is 5.96. The van der Waals surface area contributed by atoms with Gasteiger partial charge >= 0.3 is 6.18 Å². The van der Waals surface area contributed by atoms with Crippen LogP contribution >= 0.6 is 0 Å². The topological polar surface area (TPSA) is 47.9 Å². The SMILES string of the molecule is N=C(NC1CNCC(c2ccc(C(F)(F)F)cc2)C1)c1ccccc1. The normalized spacial score (nSPS) is 20.9. The Balaban J connectivity index is 1.64. The fraction of sp³-hybridized carbons (Fsp3) is 0.316. The molecule has 0 bridgehead atoms. The van der Waals surface area contributed by atoms with Gasteiger partial charge in [0.05, 0.1) is 5.56 Å². The summed E-state index contributed by atoms with van der Waals surface area (Å²) in [5.41, 5.74) is 1.08. The molecule has 2 aromatic rings. The summed E-state index contributed by atoms with van der Waals surface area (Å²) in [6, 6.07) is 14.9. The zero-order valence-corrected chi connectivity index (χ0v) is 13.6. The van der Waals surface area contributed by atoms with Gasteiger partial charge in [0.1, 0.15) is 5.84 Å². The van der Waals surface area contributed by atoms with Crippen molar-refractivity contribution in [1.82, 2.24) is 10.6 Å². The van der Waals surface area contributed by atoms with E-state index in [9.17, 15) is 13.2 Å². The second kappa shape index (κ2) is 7.27. The van der Waals surface area contributed by atoms with Gasteiger partial charge in [-0.1, -0.05) is 42.5 Å². The first kappa shape index (κ1) is 17.5. The van der Waals surface area contributed by atoms with Gasteiger partial charge in [0.2, 0.25) is 0 Å². The molecule has 6 heteroatoms. The zero-order valence-electron chi connectivity index (χ0n) is 13.6. The number of alkyl halides is 3. The molecule has 2 aromatic carbocycles. The second-order valence-corrected chi connectivity index (χ2v) is 6.29. The van der Waals surface area contributed by atoms with E-state index in [1.165, 1.54) is 0 Å². The van der Waals surface area contributed by atoms with Crippen molar-refractivity contribution in [3.63, 3.8) is 0 Å². The van der Waals surface area contributed by atoms with Gasteiger partial charge in [0.15, 0.2) is 0 Å². The Morgan fingerprint density at radius 2 is 1.68 bits per heavy atom. The number of amidine groups is 1. The molecule has 0 aliphatic carbocycles. The quantitative estimate of drug-likeness (QED) is 0.585. The third-order valence-corrected chi connectivity index (χ3v) is 4.47. The maximum Gasteiger partial charge on any atom is 0.416 e. The Hall–Kier alpha value is -2.34. The molecular weight excluding hydrogens is 327 g/mol. The fourth-order valence-electron chi connectivity index (χ4n) is 3.14. The van der Waals surface area contributed by atoms with E-state index in [2.05, 4.69) is 10.6 Å². The molecule has 3 nitrogen and oxygen atoms in total. The van der Waals surface area contributed by atoms with Crippen molar-refractivity contribution in [2.24, 2.45) is 0 Å². The molecule has 1 aliphatic rings. The monoisotopic (exact) mass is 347 g/mol. The Bertz CT molecular complexity index is 711. The first-order valence-corrected chi connectivity index (χ1v) is 8.22. The number of hydrogen-bond donors (Lipinski definition) is 3. The molecule has 3 rings (SSSR count). The first-order chi connectivity index (χ1) is 11.9. The largest absolute Gasteiger partial charge is 0.416 e. The number of piperidine rings is 1. The summed E-state index contributed by atoms with van der Waals surface area (Å²) in [6.45, 7) is 1.45. The van der Waals surface area contributed by atoms with Crippen LogP contribution in [0.15, 0.2) is 54.6 Å². The predicted octanol–water partition coefficient (Wildman–Crippen LogP) is 3.77. The summed E-state index contributed by atoms with van der Waals surface area (Å²) >= 11 is 0. The van der Waals surface area contributed by atoms with E-state index >= 15 is 0 Å². The zero-order chi connectivity index (χ0) is 17.9. The molecule has 1 saturated heterocycles. The van der Waals surface area contributed by atoms with E-state index in [0.717, 1.165) is 42.8 Å². The van der Waals surface area contributed by atoms with Crippen molar-refractivity contribution in [1.29, 1.82) is 5.41 Å². The van der Waals surface area contributed by atoms with E-state index in [0.29, 0.717) is 5.84 Å². The first-order valence-electron chi connectivity index (χ1n) is 8.22. The molecule has 2 atom stereocenters.